The molecule has 0 unspecified atom stereocenters. The number of aldehydes is 1. The Hall–Kier alpha value is -0.670. The predicted octanol–water partition coefficient (Wildman–Crippen LogP) is 2.73. The van der Waals surface area contributed by atoms with E-state index >= 15 is 0 Å². The second-order valence-corrected chi connectivity index (χ2v) is 3.92. The number of ether oxygens (including phenoxy) is 1. The number of hydrogen-bond donors (Lipinski definition) is 0. The molecule has 0 aliphatic carbocycles. The first-order valence-electron chi connectivity index (χ1n) is 4.47. The van der Waals surface area contributed by atoms with Crippen molar-refractivity contribution in [2.75, 3.05) is 7.11 Å². The predicted molar refractivity (Wildman–Crippen MR) is 59.2 cm³/mol. The standard InChI is InChI=1S/C11H13BrO2/c1-14-8-10-5-4-9(3-2-6-13)7-11(10)12/h4-7H,2-3,8H2,1H3. The summed E-state index contributed by atoms with van der Waals surface area (Å²) in [5, 5.41) is 0. The van der Waals surface area contributed by atoms with E-state index in [0.717, 1.165) is 22.7 Å². The fourth-order valence-corrected chi connectivity index (χ4v) is 1.79. The van der Waals surface area contributed by atoms with Crippen LogP contribution in [0, 0.1) is 0 Å². The van der Waals surface area contributed by atoms with Gasteiger partial charge < -0.3 is 9.53 Å². The Bertz CT molecular complexity index is 310. The third kappa shape index (κ3) is 3.24. The lowest BCUT2D eigenvalue weighted by atomic mass is 10.1. The SMILES string of the molecule is COCc1ccc(CCC=O)cc1Br. The summed E-state index contributed by atoms with van der Waals surface area (Å²) < 4.78 is 6.09. The second kappa shape index (κ2) is 5.94. The molecule has 0 aliphatic heterocycles. The van der Waals surface area contributed by atoms with Gasteiger partial charge in [-0.15, -0.1) is 0 Å². The fourth-order valence-electron chi connectivity index (χ4n) is 1.24. The average molecular weight is 257 g/mol. The zero-order valence-corrected chi connectivity index (χ0v) is 9.71. The molecule has 0 fully saturated rings. The molecular weight excluding hydrogens is 244 g/mol. The Morgan fingerprint density at radius 2 is 2.29 bits per heavy atom. The Balaban J connectivity index is 2.72. The number of carbonyl (C=O) groups is 1. The highest BCUT2D eigenvalue weighted by molar-refractivity contribution is 9.10. The van der Waals surface area contributed by atoms with Crippen molar-refractivity contribution in [3.63, 3.8) is 0 Å². The molecule has 0 N–H and O–H groups in total. The van der Waals surface area contributed by atoms with Gasteiger partial charge in [0, 0.05) is 18.0 Å². The van der Waals surface area contributed by atoms with Gasteiger partial charge in [-0.25, -0.2) is 0 Å². The zero-order valence-electron chi connectivity index (χ0n) is 8.13. The Morgan fingerprint density at radius 1 is 1.50 bits per heavy atom. The summed E-state index contributed by atoms with van der Waals surface area (Å²) >= 11 is 3.47. The van der Waals surface area contributed by atoms with Crippen molar-refractivity contribution < 1.29 is 9.53 Å². The van der Waals surface area contributed by atoms with E-state index in [0.29, 0.717) is 13.0 Å². The topological polar surface area (TPSA) is 26.3 Å². The van der Waals surface area contributed by atoms with Gasteiger partial charge in [-0.2, -0.15) is 0 Å². The number of halogens is 1. The van der Waals surface area contributed by atoms with Crippen molar-refractivity contribution in [1.82, 2.24) is 0 Å². The molecule has 0 saturated heterocycles. The van der Waals surface area contributed by atoms with E-state index in [1.165, 1.54) is 5.56 Å². The number of benzene rings is 1. The quantitative estimate of drug-likeness (QED) is 0.758. The minimum Gasteiger partial charge on any atom is -0.380 e. The molecule has 1 aromatic carbocycles. The first-order valence-corrected chi connectivity index (χ1v) is 5.27. The van der Waals surface area contributed by atoms with E-state index in [1.807, 2.05) is 18.2 Å². The number of methoxy groups -OCH3 is 1. The maximum Gasteiger partial charge on any atom is 0.120 e. The van der Waals surface area contributed by atoms with Crippen LogP contribution < -0.4 is 0 Å². The maximum atomic E-state index is 10.2. The van der Waals surface area contributed by atoms with Crippen molar-refractivity contribution in [3.05, 3.63) is 33.8 Å². The van der Waals surface area contributed by atoms with Gasteiger partial charge in [-0.1, -0.05) is 28.1 Å². The highest BCUT2D eigenvalue weighted by Gasteiger charge is 2.00. The summed E-state index contributed by atoms with van der Waals surface area (Å²) in [6.07, 6.45) is 2.32. The summed E-state index contributed by atoms with van der Waals surface area (Å²) in [4.78, 5) is 10.2. The summed E-state index contributed by atoms with van der Waals surface area (Å²) in [7, 11) is 1.67. The molecular formula is C11H13BrO2. The minimum absolute atomic E-state index is 0.579. The van der Waals surface area contributed by atoms with Crippen LogP contribution in [0.5, 0.6) is 0 Å². The van der Waals surface area contributed by atoms with Crippen molar-refractivity contribution >= 4 is 22.2 Å². The monoisotopic (exact) mass is 256 g/mol. The van der Waals surface area contributed by atoms with E-state index in [4.69, 9.17) is 4.74 Å². The highest BCUT2D eigenvalue weighted by Crippen LogP contribution is 2.19. The molecule has 0 aliphatic rings. The maximum absolute atomic E-state index is 10.2. The van der Waals surface area contributed by atoms with Crippen molar-refractivity contribution in [1.29, 1.82) is 0 Å². The first kappa shape index (κ1) is 11.4. The molecule has 3 heteroatoms. The summed E-state index contributed by atoms with van der Waals surface area (Å²) in [5.74, 6) is 0. The lowest BCUT2D eigenvalue weighted by Gasteiger charge is -2.05. The van der Waals surface area contributed by atoms with Gasteiger partial charge in [0.1, 0.15) is 6.29 Å². The Kier molecular flexibility index (Phi) is 4.84. The fraction of sp³-hybridized carbons (Fsp3) is 0.364. The van der Waals surface area contributed by atoms with Crippen LogP contribution in [-0.2, 0) is 22.6 Å². The smallest absolute Gasteiger partial charge is 0.120 e. The third-order valence-electron chi connectivity index (χ3n) is 1.97. The normalized spacial score (nSPS) is 10.1. The molecule has 14 heavy (non-hydrogen) atoms. The van der Waals surface area contributed by atoms with Crippen molar-refractivity contribution in [3.8, 4) is 0 Å². The van der Waals surface area contributed by atoms with E-state index in [1.54, 1.807) is 7.11 Å². The molecule has 0 amide bonds. The van der Waals surface area contributed by atoms with E-state index in [2.05, 4.69) is 15.9 Å². The molecule has 0 atom stereocenters. The molecule has 0 bridgehead atoms. The summed E-state index contributed by atoms with van der Waals surface area (Å²) in [5.41, 5.74) is 2.30. The van der Waals surface area contributed by atoms with E-state index in [-0.39, 0.29) is 0 Å². The summed E-state index contributed by atoms with van der Waals surface area (Å²) in [6, 6.07) is 6.09. The van der Waals surface area contributed by atoms with Gasteiger partial charge >= 0.3 is 0 Å². The average Bonchev–Trinajstić information content (AvgIpc) is 2.19. The van der Waals surface area contributed by atoms with Gasteiger partial charge in [0.05, 0.1) is 6.61 Å². The molecule has 0 aromatic heterocycles. The summed E-state index contributed by atoms with van der Waals surface area (Å²) in [6.45, 7) is 0.606. The van der Waals surface area contributed by atoms with E-state index in [9.17, 15) is 4.79 Å². The zero-order chi connectivity index (χ0) is 10.4. The number of hydrogen-bond acceptors (Lipinski definition) is 2. The molecule has 0 radical (unpaired) electrons. The van der Waals surface area contributed by atoms with Gasteiger partial charge in [0.15, 0.2) is 0 Å². The van der Waals surface area contributed by atoms with Crippen LogP contribution in [0.2, 0.25) is 0 Å². The number of carbonyl (C=O) groups excluding carboxylic acids is 1. The lowest BCUT2D eigenvalue weighted by molar-refractivity contribution is -0.107. The second-order valence-electron chi connectivity index (χ2n) is 3.06. The molecule has 1 aromatic rings. The van der Waals surface area contributed by atoms with Crippen LogP contribution in [0.25, 0.3) is 0 Å². The lowest BCUT2D eigenvalue weighted by Crippen LogP contribution is -1.92. The Labute approximate surface area is 92.4 Å². The van der Waals surface area contributed by atoms with E-state index < -0.39 is 0 Å². The molecule has 0 spiro atoms. The molecule has 76 valence electrons. The van der Waals surface area contributed by atoms with Crippen LogP contribution in [0.15, 0.2) is 22.7 Å². The van der Waals surface area contributed by atoms with Crippen LogP contribution in [0.4, 0.5) is 0 Å². The number of rotatable bonds is 5. The van der Waals surface area contributed by atoms with Gasteiger partial charge in [0.25, 0.3) is 0 Å². The Morgan fingerprint density at radius 3 is 2.86 bits per heavy atom. The van der Waals surface area contributed by atoms with Crippen LogP contribution in [0.1, 0.15) is 17.5 Å². The largest absolute Gasteiger partial charge is 0.380 e. The van der Waals surface area contributed by atoms with Crippen molar-refractivity contribution in [2.24, 2.45) is 0 Å². The van der Waals surface area contributed by atoms with Crippen LogP contribution >= 0.6 is 15.9 Å². The molecule has 1 rings (SSSR count). The van der Waals surface area contributed by atoms with Gasteiger partial charge in [-0.05, 0) is 23.6 Å². The van der Waals surface area contributed by atoms with Crippen LogP contribution in [-0.4, -0.2) is 13.4 Å². The molecule has 2 nitrogen and oxygen atoms in total. The van der Waals surface area contributed by atoms with Crippen LogP contribution in [0.3, 0.4) is 0 Å². The third-order valence-corrected chi connectivity index (χ3v) is 2.71. The van der Waals surface area contributed by atoms with Crippen molar-refractivity contribution in [2.45, 2.75) is 19.4 Å². The number of aryl methyl sites for hydroxylation is 1. The molecule has 0 saturated carbocycles. The molecule has 0 heterocycles. The van der Waals surface area contributed by atoms with Gasteiger partial charge in [0.2, 0.25) is 0 Å². The highest BCUT2D eigenvalue weighted by atomic mass is 79.9. The minimum atomic E-state index is 0.579. The van der Waals surface area contributed by atoms with Gasteiger partial charge in [-0.3, -0.25) is 0 Å². The first-order chi connectivity index (χ1) is 6.77.